The van der Waals surface area contributed by atoms with Crippen LogP contribution in [-0.4, -0.2) is 10.7 Å². The van der Waals surface area contributed by atoms with Gasteiger partial charge in [-0.25, -0.2) is 8.78 Å². The molecule has 0 aliphatic heterocycles. The van der Waals surface area contributed by atoms with E-state index in [9.17, 15) is 13.9 Å². The molecule has 1 N–H and O–H groups in total. The van der Waals surface area contributed by atoms with Gasteiger partial charge in [-0.2, -0.15) is 0 Å². The maximum atomic E-state index is 13.7. The van der Waals surface area contributed by atoms with E-state index in [1.165, 1.54) is 18.2 Å². The van der Waals surface area contributed by atoms with E-state index in [0.29, 0.717) is 12.8 Å². The lowest BCUT2D eigenvalue weighted by molar-refractivity contribution is 0.0351. The van der Waals surface area contributed by atoms with Crippen LogP contribution in [0.5, 0.6) is 0 Å². The number of halogens is 2. The molecule has 0 aliphatic carbocycles. The van der Waals surface area contributed by atoms with Crippen LogP contribution in [0.3, 0.4) is 0 Å². The van der Waals surface area contributed by atoms with Crippen molar-refractivity contribution in [1.29, 1.82) is 0 Å². The largest absolute Gasteiger partial charge is 0.389 e. The van der Waals surface area contributed by atoms with E-state index in [0.717, 1.165) is 5.56 Å². The van der Waals surface area contributed by atoms with Crippen molar-refractivity contribution >= 4 is 0 Å². The molecular formula is C17H18F2O. The molecule has 2 rings (SSSR count). The summed E-state index contributed by atoms with van der Waals surface area (Å²) in [6.45, 7) is 1.82. The van der Waals surface area contributed by atoms with Crippen LogP contribution in [0.1, 0.15) is 24.5 Å². The average Bonchev–Trinajstić information content (AvgIpc) is 2.44. The molecule has 1 unspecified atom stereocenters. The minimum absolute atomic E-state index is 0.0309. The molecule has 0 fully saturated rings. The second-order valence-electron chi connectivity index (χ2n) is 5.12. The Balaban J connectivity index is 2.23. The first-order valence-electron chi connectivity index (χ1n) is 6.73. The van der Waals surface area contributed by atoms with E-state index < -0.39 is 17.2 Å². The van der Waals surface area contributed by atoms with E-state index >= 15 is 0 Å². The van der Waals surface area contributed by atoms with Crippen LogP contribution in [-0.2, 0) is 12.8 Å². The van der Waals surface area contributed by atoms with Gasteiger partial charge >= 0.3 is 0 Å². The molecule has 2 aromatic carbocycles. The summed E-state index contributed by atoms with van der Waals surface area (Å²) in [5.41, 5.74) is -0.244. The van der Waals surface area contributed by atoms with Gasteiger partial charge < -0.3 is 5.11 Å². The van der Waals surface area contributed by atoms with Crippen molar-refractivity contribution < 1.29 is 13.9 Å². The van der Waals surface area contributed by atoms with Crippen molar-refractivity contribution in [1.82, 2.24) is 0 Å². The van der Waals surface area contributed by atoms with Crippen molar-refractivity contribution in [3.05, 3.63) is 71.3 Å². The molecule has 0 aromatic heterocycles. The van der Waals surface area contributed by atoms with E-state index in [4.69, 9.17) is 0 Å². The first-order chi connectivity index (χ1) is 9.54. The summed E-state index contributed by atoms with van der Waals surface area (Å²) < 4.78 is 27.4. The molecule has 0 bridgehead atoms. The van der Waals surface area contributed by atoms with E-state index in [1.54, 1.807) is 0 Å². The number of benzene rings is 2. The predicted octanol–water partition coefficient (Wildman–Crippen LogP) is 3.89. The molecule has 20 heavy (non-hydrogen) atoms. The second-order valence-corrected chi connectivity index (χ2v) is 5.12. The molecule has 0 heterocycles. The summed E-state index contributed by atoms with van der Waals surface area (Å²) in [4.78, 5) is 0. The third kappa shape index (κ3) is 3.42. The standard InChI is InChI=1S/C17H18F2O/c1-2-17(20,11-13-7-4-3-5-8-13)12-14-15(18)9-6-10-16(14)19/h3-10,20H,2,11-12H2,1H3. The van der Waals surface area contributed by atoms with Crippen LogP contribution < -0.4 is 0 Å². The molecule has 106 valence electrons. The Kier molecular flexibility index (Phi) is 4.50. The molecule has 3 heteroatoms. The number of hydrogen-bond donors (Lipinski definition) is 1. The van der Waals surface area contributed by atoms with Crippen molar-refractivity contribution in [3.63, 3.8) is 0 Å². The Morgan fingerprint density at radius 2 is 1.50 bits per heavy atom. The summed E-state index contributed by atoms with van der Waals surface area (Å²) in [6.07, 6.45) is 0.769. The fraction of sp³-hybridized carbons (Fsp3) is 0.294. The Morgan fingerprint density at radius 1 is 0.900 bits per heavy atom. The predicted molar refractivity (Wildman–Crippen MR) is 75.4 cm³/mol. The smallest absolute Gasteiger partial charge is 0.129 e. The molecule has 0 amide bonds. The van der Waals surface area contributed by atoms with E-state index in [1.807, 2.05) is 37.3 Å². The summed E-state index contributed by atoms with van der Waals surface area (Å²) in [7, 11) is 0. The number of rotatable bonds is 5. The summed E-state index contributed by atoms with van der Waals surface area (Å²) >= 11 is 0. The van der Waals surface area contributed by atoms with Crippen LogP contribution >= 0.6 is 0 Å². The molecule has 0 spiro atoms. The van der Waals surface area contributed by atoms with Gasteiger partial charge in [-0.15, -0.1) is 0 Å². The summed E-state index contributed by atoms with van der Waals surface area (Å²) in [6, 6.07) is 13.2. The van der Waals surface area contributed by atoms with Gasteiger partial charge in [0.15, 0.2) is 0 Å². The highest BCUT2D eigenvalue weighted by Crippen LogP contribution is 2.25. The molecule has 0 saturated heterocycles. The Morgan fingerprint density at radius 3 is 2.05 bits per heavy atom. The van der Waals surface area contributed by atoms with Crippen molar-refractivity contribution in [3.8, 4) is 0 Å². The van der Waals surface area contributed by atoms with Crippen LogP contribution in [0.15, 0.2) is 48.5 Å². The van der Waals surface area contributed by atoms with Gasteiger partial charge in [0.25, 0.3) is 0 Å². The second kappa shape index (κ2) is 6.14. The molecule has 2 aromatic rings. The van der Waals surface area contributed by atoms with Gasteiger partial charge in [0.2, 0.25) is 0 Å². The fourth-order valence-electron chi connectivity index (χ4n) is 2.32. The number of hydrogen-bond acceptors (Lipinski definition) is 1. The van der Waals surface area contributed by atoms with Crippen LogP contribution in [0.25, 0.3) is 0 Å². The van der Waals surface area contributed by atoms with Gasteiger partial charge in [0.05, 0.1) is 5.60 Å². The SMILES string of the molecule is CCC(O)(Cc1ccccc1)Cc1c(F)cccc1F. The van der Waals surface area contributed by atoms with E-state index in [-0.39, 0.29) is 12.0 Å². The van der Waals surface area contributed by atoms with Gasteiger partial charge in [0, 0.05) is 18.4 Å². The van der Waals surface area contributed by atoms with Gasteiger partial charge in [0.1, 0.15) is 11.6 Å². The van der Waals surface area contributed by atoms with Gasteiger partial charge in [-0.1, -0.05) is 43.3 Å². The average molecular weight is 276 g/mol. The van der Waals surface area contributed by atoms with Crippen molar-refractivity contribution in [2.45, 2.75) is 31.8 Å². The first kappa shape index (κ1) is 14.7. The fourth-order valence-corrected chi connectivity index (χ4v) is 2.32. The quantitative estimate of drug-likeness (QED) is 0.878. The maximum Gasteiger partial charge on any atom is 0.129 e. The summed E-state index contributed by atoms with van der Waals surface area (Å²) in [5, 5.41) is 10.6. The lowest BCUT2D eigenvalue weighted by Gasteiger charge is -2.27. The maximum absolute atomic E-state index is 13.7. The normalized spacial score (nSPS) is 14.0. The Hall–Kier alpha value is -1.74. The zero-order valence-corrected chi connectivity index (χ0v) is 11.4. The minimum Gasteiger partial charge on any atom is -0.389 e. The number of aliphatic hydroxyl groups is 1. The highest BCUT2D eigenvalue weighted by molar-refractivity contribution is 5.24. The zero-order chi connectivity index (χ0) is 14.6. The zero-order valence-electron chi connectivity index (χ0n) is 11.4. The van der Waals surface area contributed by atoms with Crippen molar-refractivity contribution in [2.75, 3.05) is 0 Å². The first-order valence-corrected chi connectivity index (χ1v) is 6.73. The molecule has 0 saturated carbocycles. The third-order valence-electron chi connectivity index (χ3n) is 3.60. The molecule has 1 nitrogen and oxygen atoms in total. The Bertz CT molecular complexity index is 548. The van der Waals surface area contributed by atoms with Crippen LogP contribution in [0.2, 0.25) is 0 Å². The lowest BCUT2D eigenvalue weighted by Crippen LogP contribution is -2.34. The van der Waals surface area contributed by atoms with Gasteiger partial charge in [-0.3, -0.25) is 0 Å². The van der Waals surface area contributed by atoms with Crippen LogP contribution in [0.4, 0.5) is 8.78 Å². The molecular weight excluding hydrogens is 258 g/mol. The highest BCUT2D eigenvalue weighted by Gasteiger charge is 2.28. The highest BCUT2D eigenvalue weighted by atomic mass is 19.1. The van der Waals surface area contributed by atoms with Crippen LogP contribution in [0, 0.1) is 11.6 Å². The molecule has 1 atom stereocenters. The molecule has 0 radical (unpaired) electrons. The summed E-state index contributed by atoms with van der Waals surface area (Å²) in [5.74, 6) is -1.21. The van der Waals surface area contributed by atoms with E-state index in [2.05, 4.69) is 0 Å². The molecule has 0 aliphatic rings. The Labute approximate surface area is 117 Å². The minimum atomic E-state index is -1.15. The van der Waals surface area contributed by atoms with Crippen molar-refractivity contribution in [2.24, 2.45) is 0 Å². The monoisotopic (exact) mass is 276 g/mol. The third-order valence-corrected chi connectivity index (χ3v) is 3.60. The van der Waals surface area contributed by atoms with Gasteiger partial charge in [-0.05, 0) is 24.1 Å². The lowest BCUT2D eigenvalue weighted by atomic mass is 9.85. The topological polar surface area (TPSA) is 20.2 Å².